The predicted octanol–water partition coefficient (Wildman–Crippen LogP) is 3.13. The maximum atomic E-state index is 13.1. The summed E-state index contributed by atoms with van der Waals surface area (Å²) in [6.07, 6.45) is 0.798. The van der Waals surface area contributed by atoms with Crippen molar-refractivity contribution in [3.8, 4) is 0 Å². The predicted molar refractivity (Wildman–Crippen MR) is 70.0 cm³/mol. The van der Waals surface area contributed by atoms with E-state index in [1.165, 1.54) is 18.2 Å². The van der Waals surface area contributed by atoms with E-state index in [4.69, 9.17) is 0 Å². The topological polar surface area (TPSA) is 57.8 Å². The van der Waals surface area contributed by atoms with Crippen molar-refractivity contribution in [3.05, 3.63) is 45.8 Å². The number of rotatable bonds is 3. The molecule has 94 valence electrons. The molecule has 2 N–H and O–H groups in total. The number of aryl methyl sites for hydroxylation is 1. The highest BCUT2D eigenvalue weighted by Crippen LogP contribution is 2.19. The van der Waals surface area contributed by atoms with Crippen LogP contribution >= 0.6 is 15.9 Å². The molecular formula is C12H11BrFN3O. The summed E-state index contributed by atoms with van der Waals surface area (Å²) in [6.45, 7) is 1.97. The quantitative estimate of drug-likeness (QED) is 0.915. The van der Waals surface area contributed by atoms with Crippen LogP contribution in [0.5, 0.6) is 0 Å². The number of anilines is 1. The summed E-state index contributed by atoms with van der Waals surface area (Å²) in [5.41, 5.74) is 1.15. The second kappa shape index (κ2) is 5.30. The molecule has 0 saturated carbocycles. The number of amides is 1. The van der Waals surface area contributed by atoms with Crippen molar-refractivity contribution in [1.29, 1.82) is 0 Å². The van der Waals surface area contributed by atoms with Crippen LogP contribution in [0.25, 0.3) is 0 Å². The smallest absolute Gasteiger partial charge is 0.258 e. The highest BCUT2D eigenvalue weighted by molar-refractivity contribution is 9.10. The van der Waals surface area contributed by atoms with Gasteiger partial charge in [-0.3, -0.25) is 9.89 Å². The van der Waals surface area contributed by atoms with Gasteiger partial charge in [-0.15, -0.1) is 0 Å². The molecule has 4 nitrogen and oxygen atoms in total. The largest absolute Gasteiger partial charge is 0.305 e. The van der Waals surface area contributed by atoms with Gasteiger partial charge in [0, 0.05) is 16.2 Å². The van der Waals surface area contributed by atoms with Crippen molar-refractivity contribution in [2.45, 2.75) is 13.3 Å². The van der Waals surface area contributed by atoms with Crippen molar-refractivity contribution in [1.82, 2.24) is 10.2 Å². The number of nitrogens with one attached hydrogen (secondary N) is 2. The first-order valence-electron chi connectivity index (χ1n) is 5.41. The van der Waals surface area contributed by atoms with Gasteiger partial charge in [0.15, 0.2) is 5.82 Å². The molecule has 0 aliphatic rings. The van der Waals surface area contributed by atoms with Crippen LogP contribution in [0.15, 0.2) is 28.7 Å². The molecule has 1 aromatic carbocycles. The Morgan fingerprint density at radius 3 is 2.94 bits per heavy atom. The maximum Gasteiger partial charge on any atom is 0.258 e. The Labute approximate surface area is 112 Å². The number of aromatic nitrogens is 2. The molecule has 0 spiro atoms. The van der Waals surface area contributed by atoms with E-state index in [-0.39, 0.29) is 5.56 Å². The van der Waals surface area contributed by atoms with Crippen molar-refractivity contribution in [2.24, 2.45) is 0 Å². The van der Waals surface area contributed by atoms with E-state index in [2.05, 4.69) is 31.4 Å². The fourth-order valence-electron chi connectivity index (χ4n) is 1.46. The van der Waals surface area contributed by atoms with Crippen molar-refractivity contribution in [3.63, 3.8) is 0 Å². The van der Waals surface area contributed by atoms with Crippen LogP contribution in [0.1, 0.15) is 23.0 Å². The summed E-state index contributed by atoms with van der Waals surface area (Å²) < 4.78 is 13.6. The van der Waals surface area contributed by atoms with Gasteiger partial charge >= 0.3 is 0 Å². The minimum atomic E-state index is -0.459. The molecule has 2 aromatic rings. The summed E-state index contributed by atoms with van der Waals surface area (Å²) >= 11 is 3.21. The number of carbonyl (C=O) groups is 1. The van der Waals surface area contributed by atoms with Gasteiger partial charge in [-0.2, -0.15) is 5.10 Å². The van der Waals surface area contributed by atoms with Gasteiger partial charge < -0.3 is 5.32 Å². The number of carbonyl (C=O) groups excluding carboxylic acids is 1. The van der Waals surface area contributed by atoms with Gasteiger partial charge in [0.2, 0.25) is 0 Å². The van der Waals surface area contributed by atoms with E-state index < -0.39 is 11.7 Å². The Kier molecular flexibility index (Phi) is 3.76. The molecule has 18 heavy (non-hydrogen) atoms. The molecule has 0 fully saturated rings. The molecular weight excluding hydrogens is 301 g/mol. The van der Waals surface area contributed by atoms with E-state index >= 15 is 0 Å². The highest BCUT2D eigenvalue weighted by Gasteiger charge is 2.12. The van der Waals surface area contributed by atoms with E-state index in [0.29, 0.717) is 10.3 Å². The first-order valence-corrected chi connectivity index (χ1v) is 6.20. The summed E-state index contributed by atoms with van der Waals surface area (Å²) in [5, 5.41) is 9.33. The zero-order valence-corrected chi connectivity index (χ0v) is 11.2. The molecule has 6 heteroatoms. The lowest BCUT2D eigenvalue weighted by Gasteiger charge is -2.04. The average Bonchev–Trinajstić information content (AvgIpc) is 2.80. The Morgan fingerprint density at radius 1 is 1.50 bits per heavy atom. The van der Waals surface area contributed by atoms with Gasteiger partial charge in [-0.05, 0) is 40.5 Å². The van der Waals surface area contributed by atoms with Crippen LogP contribution in [0.2, 0.25) is 0 Å². The van der Waals surface area contributed by atoms with Crippen LogP contribution in [-0.2, 0) is 6.42 Å². The van der Waals surface area contributed by atoms with E-state index in [1.54, 1.807) is 6.07 Å². The summed E-state index contributed by atoms with van der Waals surface area (Å²) in [4.78, 5) is 11.9. The molecule has 1 amide bonds. The van der Waals surface area contributed by atoms with Crippen molar-refractivity contribution < 1.29 is 9.18 Å². The van der Waals surface area contributed by atoms with Gasteiger partial charge in [0.1, 0.15) is 5.82 Å². The Balaban J connectivity index is 2.19. The average molecular weight is 312 g/mol. The Morgan fingerprint density at radius 2 is 2.28 bits per heavy atom. The van der Waals surface area contributed by atoms with Crippen LogP contribution in [-0.4, -0.2) is 16.1 Å². The number of hydrogen-bond acceptors (Lipinski definition) is 2. The first-order chi connectivity index (χ1) is 8.60. The number of nitrogens with zero attached hydrogens (tertiary/aromatic N) is 1. The van der Waals surface area contributed by atoms with E-state index in [1.807, 2.05) is 6.92 Å². The standard InChI is InChI=1S/C12H11BrFN3O/c1-2-8-6-11(17-16-8)15-12(18)9-5-7(14)3-4-10(9)13/h3-6H,2H2,1H3,(H2,15,16,17,18). The molecule has 1 aromatic heterocycles. The summed E-state index contributed by atoms with van der Waals surface area (Å²) in [6, 6.07) is 5.69. The summed E-state index contributed by atoms with van der Waals surface area (Å²) in [5.74, 6) is -0.442. The highest BCUT2D eigenvalue weighted by atomic mass is 79.9. The molecule has 2 rings (SSSR count). The van der Waals surface area contributed by atoms with Crippen LogP contribution in [0.4, 0.5) is 10.2 Å². The number of hydrogen-bond donors (Lipinski definition) is 2. The van der Waals surface area contributed by atoms with Crippen molar-refractivity contribution in [2.75, 3.05) is 5.32 Å². The number of aromatic amines is 1. The van der Waals surface area contributed by atoms with Gasteiger partial charge in [0.25, 0.3) is 5.91 Å². The number of H-pyrrole nitrogens is 1. The monoisotopic (exact) mass is 311 g/mol. The van der Waals surface area contributed by atoms with Crippen LogP contribution in [0, 0.1) is 5.82 Å². The normalized spacial score (nSPS) is 10.4. The van der Waals surface area contributed by atoms with E-state index in [0.717, 1.165) is 12.1 Å². The second-order valence-electron chi connectivity index (χ2n) is 3.71. The van der Waals surface area contributed by atoms with Crippen LogP contribution < -0.4 is 5.32 Å². The second-order valence-corrected chi connectivity index (χ2v) is 4.56. The fourth-order valence-corrected chi connectivity index (χ4v) is 1.89. The third kappa shape index (κ3) is 2.76. The summed E-state index contributed by atoms with van der Waals surface area (Å²) in [7, 11) is 0. The lowest BCUT2D eigenvalue weighted by atomic mass is 10.2. The molecule has 0 aliphatic carbocycles. The molecule has 0 bridgehead atoms. The zero-order chi connectivity index (χ0) is 13.1. The molecule has 0 unspecified atom stereocenters. The first kappa shape index (κ1) is 12.8. The Hall–Kier alpha value is -1.69. The molecule has 0 radical (unpaired) electrons. The third-order valence-corrected chi connectivity index (χ3v) is 3.12. The lowest BCUT2D eigenvalue weighted by Crippen LogP contribution is -2.13. The van der Waals surface area contributed by atoms with Gasteiger partial charge in [-0.1, -0.05) is 6.92 Å². The third-order valence-electron chi connectivity index (χ3n) is 2.43. The number of halogens is 2. The zero-order valence-electron chi connectivity index (χ0n) is 9.63. The SMILES string of the molecule is CCc1cc(NC(=O)c2cc(F)ccc2Br)n[nH]1. The minimum absolute atomic E-state index is 0.232. The maximum absolute atomic E-state index is 13.1. The van der Waals surface area contributed by atoms with E-state index in [9.17, 15) is 9.18 Å². The minimum Gasteiger partial charge on any atom is -0.305 e. The fraction of sp³-hybridized carbons (Fsp3) is 0.167. The molecule has 0 atom stereocenters. The Bertz CT molecular complexity index is 582. The van der Waals surface area contributed by atoms with Crippen molar-refractivity contribution >= 4 is 27.7 Å². The molecule has 0 aliphatic heterocycles. The van der Waals surface area contributed by atoms with Crippen LogP contribution in [0.3, 0.4) is 0 Å². The lowest BCUT2D eigenvalue weighted by molar-refractivity contribution is 0.102. The van der Waals surface area contributed by atoms with Gasteiger partial charge in [-0.25, -0.2) is 4.39 Å². The van der Waals surface area contributed by atoms with Gasteiger partial charge in [0.05, 0.1) is 5.56 Å². The molecule has 1 heterocycles. The number of benzene rings is 1. The molecule has 0 saturated heterocycles.